The minimum Gasteiger partial charge on any atom is -0.310 e. The average molecular weight is 286 g/mol. The smallest absolute Gasteiger partial charge is 0.260 e. The van der Waals surface area contributed by atoms with Crippen molar-refractivity contribution in [1.82, 2.24) is 20.2 Å². The minimum absolute atomic E-state index is 0.105. The number of nitrogens with one attached hydrogen (secondary N) is 3. The number of aryl methyl sites for hydroxylation is 1. The summed E-state index contributed by atoms with van der Waals surface area (Å²) < 4.78 is 27.3. The lowest BCUT2D eigenvalue weighted by atomic mass is 10.1. The first-order valence-electron chi connectivity index (χ1n) is 6.50. The summed E-state index contributed by atoms with van der Waals surface area (Å²) in [6.45, 7) is 7.81. The Morgan fingerprint density at radius 2 is 2.00 bits per heavy atom. The zero-order valence-electron chi connectivity index (χ0n) is 11.9. The Labute approximate surface area is 114 Å². The first-order chi connectivity index (χ1) is 8.69. The van der Waals surface area contributed by atoms with Crippen LogP contribution in [0.1, 0.15) is 44.9 Å². The van der Waals surface area contributed by atoms with Crippen molar-refractivity contribution in [2.75, 3.05) is 0 Å². The molecular weight excluding hydrogens is 264 g/mol. The molecule has 0 bridgehead atoms. The van der Waals surface area contributed by atoms with E-state index in [9.17, 15) is 8.42 Å². The second-order valence-corrected chi connectivity index (χ2v) is 7.74. The molecule has 0 radical (unpaired) electrons. The number of hydrogen-bond acceptors (Lipinski definition) is 4. The van der Waals surface area contributed by atoms with Gasteiger partial charge in [0.1, 0.15) is 0 Å². The third-order valence-electron chi connectivity index (χ3n) is 2.88. The number of nitrogens with zero attached hydrogens (tertiary/aromatic N) is 1. The average Bonchev–Trinajstić information content (AvgIpc) is 2.96. The Bertz CT molecular complexity index is 553. The zero-order chi connectivity index (χ0) is 14.3. The predicted molar refractivity (Wildman–Crippen MR) is 73.3 cm³/mol. The van der Waals surface area contributed by atoms with E-state index in [1.807, 2.05) is 27.7 Å². The summed E-state index contributed by atoms with van der Waals surface area (Å²) in [7, 11) is -3.59. The third kappa shape index (κ3) is 3.77. The first kappa shape index (κ1) is 14.5. The van der Waals surface area contributed by atoms with E-state index >= 15 is 0 Å². The topological polar surface area (TPSA) is 86.9 Å². The molecule has 3 N–H and O–H groups in total. The molecule has 6 nitrogen and oxygen atoms in total. The maximum absolute atomic E-state index is 12.3. The van der Waals surface area contributed by atoms with Crippen molar-refractivity contribution in [2.24, 2.45) is 0 Å². The molecular formula is C12H22N4O2S. The minimum atomic E-state index is -3.59. The molecule has 0 amide bonds. The number of hydrogen-bond donors (Lipinski definition) is 3. The molecule has 1 aromatic rings. The molecule has 1 fully saturated rings. The van der Waals surface area contributed by atoms with Crippen molar-refractivity contribution in [1.29, 1.82) is 0 Å². The van der Waals surface area contributed by atoms with Gasteiger partial charge in [0.15, 0.2) is 5.03 Å². The second kappa shape index (κ2) is 4.88. The van der Waals surface area contributed by atoms with Gasteiger partial charge in [0, 0.05) is 29.4 Å². The molecule has 0 saturated heterocycles. The molecule has 1 heterocycles. The van der Waals surface area contributed by atoms with Crippen LogP contribution in [0.15, 0.2) is 5.03 Å². The SMILES string of the molecule is Cc1[nH]nc(S(=O)(=O)NC(C)(C)C)c1CNC1CC1. The van der Waals surface area contributed by atoms with Crippen molar-refractivity contribution < 1.29 is 8.42 Å². The Morgan fingerprint density at radius 1 is 1.37 bits per heavy atom. The van der Waals surface area contributed by atoms with Crippen LogP contribution in [0.5, 0.6) is 0 Å². The Balaban J connectivity index is 2.23. The van der Waals surface area contributed by atoms with Crippen LogP contribution < -0.4 is 10.0 Å². The van der Waals surface area contributed by atoms with E-state index in [2.05, 4.69) is 20.2 Å². The van der Waals surface area contributed by atoms with Gasteiger partial charge >= 0.3 is 0 Å². The Morgan fingerprint density at radius 3 is 2.53 bits per heavy atom. The van der Waals surface area contributed by atoms with Crippen LogP contribution in [0.3, 0.4) is 0 Å². The van der Waals surface area contributed by atoms with E-state index in [-0.39, 0.29) is 5.03 Å². The molecule has 0 spiro atoms. The monoisotopic (exact) mass is 286 g/mol. The zero-order valence-corrected chi connectivity index (χ0v) is 12.7. The van der Waals surface area contributed by atoms with E-state index in [1.165, 1.54) is 12.8 Å². The van der Waals surface area contributed by atoms with Crippen LogP contribution in [0, 0.1) is 6.92 Å². The maximum atomic E-state index is 12.3. The fourth-order valence-corrected chi connectivity index (χ4v) is 3.46. The lowest BCUT2D eigenvalue weighted by molar-refractivity contribution is 0.488. The van der Waals surface area contributed by atoms with Gasteiger partial charge in [-0.15, -0.1) is 0 Å². The van der Waals surface area contributed by atoms with Crippen LogP contribution in [-0.2, 0) is 16.6 Å². The molecule has 0 unspecified atom stereocenters. The maximum Gasteiger partial charge on any atom is 0.260 e. The molecule has 0 aromatic carbocycles. The Kier molecular flexibility index (Phi) is 3.72. The van der Waals surface area contributed by atoms with Crippen LogP contribution >= 0.6 is 0 Å². The van der Waals surface area contributed by atoms with E-state index in [0.29, 0.717) is 12.6 Å². The third-order valence-corrected chi connectivity index (χ3v) is 4.60. The van der Waals surface area contributed by atoms with Gasteiger partial charge in [-0.2, -0.15) is 5.10 Å². The molecule has 108 valence electrons. The Hall–Kier alpha value is -0.920. The standard InChI is InChI=1S/C12H22N4O2S/c1-8-10(7-13-9-5-6-9)11(15-14-8)19(17,18)16-12(2,3)4/h9,13,16H,5-7H2,1-4H3,(H,14,15). The highest BCUT2D eigenvalue weighted by molar-refractivity contribution is 7.89. The molecule has 7 heteroatoms. The lowest BCUT2D eigenvalue weighted by Crippen LogP contribution is -2.41. The van der Waals surface area contributed by atoms with Gasteiger partial charge in [-0.1, -0.05) is 0 Å². The number of H-pyrrole nitrogens is 1. The largest absolute Gasteiger partial charge is 0.310 e. The van der Waals surface area contributed by atoms with E-state index in [1.54, 1.807) is 0 Å². The first-order valence-corrected chi connectivity index (χ1v) is 7.98. The molecule has 1 aromatic heterocycles. The summed E-state index contributed by atoms with van der Waals surface area (Å²) in [5.74, 6) is 0. The van der Waals surface area contributed by atoms with Gasteiger partial charge in [0.05, 0.1) is 0 Å². The molecule has 1 saturated carbocycles. The summed E-state index contributed by atoms with van der Waals surface area (Å²) in [4.78, 5) is 0. The van der Waals surface area contributed by atoms with Gasteiger partial charge in [-0.05, 0) is 40.5 Å². The summed E-state index contributed by atoms with van der Waals surface area (Å²) in [5, 5.41) is 10.1. The van der Waals surface area contributed by atoms with Crippen molar-refractivity contribution in [3.05, 3.63) is 11.3 Å². The number of sulfonamides is 1. The van der Waals surface area contributed by atoms with Crippen LogP contribution in [0.25, 0.3) is 0 Å². The molecule has 0 aliphatic heterocycles. The summed E-state index contributed by atoms with van der Waals surface area (Å²) in [6, 6.07) is 0.528. The van der Waals surface area contributed by atoms with Crippen molar-refractivity contribution in [3.63, 3.8) is 0 Å². The van der Waals surface area contributed by atoms with E-state index in [4.69, 9.17) is 0 Å². The number of aromatic nitrogens is 2. The van der Waals surface area contributed by atoms with Crippen molar-refractivity contribution in [3.8, 4) is 0 Å². The summed E-state index contributed by atoms with van der Waals surface area (Å²) >= 11 is 0. The number of aromatic amines is 1. The molecule has 2 rings (SSSR count). The van der Waals surface area contributed by atoms with Gasteiger partial charge in [0.2, 0.25) is 0 Å². The van der Waals surface area contributed by atoms with E-state index < -0.39 is 15.6 Å². The second-order valence-electron chi connectivity index (χ2n) is 6.14. The molecule has 1 aliphatic rings. The summed E-state index contributed by atoms with van der Waals surface area (Å²) in [5.41, 5.74) is 0.999. The molecule has 1 aliphatic carbocycles. The highest BCUT2D eigenvalue weighted by atomic mass is 32.2. The predicted octanol–water partition coefficient (Wildman–Crippen LogP) is 1.05. The van der Waals surface area contributed by atoms with Gasteiger partial charge < -0.3 is 5.32 Å². The quantitative estimate of drug-likeness (QED) is 0.755. The fraction of sp³-hybridized carbons (Fsp3) is 0.750. The highest BCUT2D eigenvalue weighted by Gasteiger charge is 2.29. The fourth-order valence-electron chi connectivity index (χ4n) is 1.85. The van der Waals surface area contributed by atoms with Crippen LogP contribution in [-0.4, -0.2) is 30.2 Å². The van der Waals surface area contributed by atoms with Crippen molar-refractivity contribution >= 4 is 10.0 Å². The van der Waals surface area contributed by atoms with Gasteiger partial charge in [0.25, 0.3) is 10.0 Å². The van der Waals surface area contributed by atoms with Gasteiger partial charge in [-0.3, -0.25) is 5.10 Å². The normalized spacial score (nSPS) is 16.8. The van der Waals surface area contributed by atoms with Crippen LogP contribution in [0.2, 0.25) is 0 Å². The summed E-state index contributed by atoms with van der Waals surface area (Å²) in [6.07, 6.45) is 2.33. The van der Waals surface area contributed by atoms with Crippen LogP contribution in [0.4, 0.5) is 0 Å². The van der Waals surface area contributed by atoms with E-state index in [0.717, 1.165) is 11.3 Å². The highest BCUT2D eigenvalue weighted by Crippen LogP contribution is 2.22. The van der Waals surface area contributed by atoms with Crippen molar-refractivity contribution in [2.45, 2.75) is 63.7 Å². The molecule has 19 heavy (non-hydrogen) atoms. The lowest BCUT2D eigenvalue weighted by Gasteiger charge is -2.19. The van der Waals surface area contributed by atoms with Gasteiger partial charge in [-0.25, -0.2) is 13.1 Å². The molecule has 0 atom stereocenters. The number of rotatable bonds is 5.